The molecule has 0 radical (unpaired) electrons. The van der Waals surface area contributed by atoms with Crippen molar-refractivity contribution in [1.82, 2.24) is 0 Å². The summed E-state index contributed by atoms with van der Waals surface area (Å²) in [5.41, 5.74) is -0.223. The van der Waals surface area contributed by atoms with E-state index in [1.807, 2.05) is 0 Å². The van der Waals surface area contributed by atoms with Crippen molar-refractivity contribution < 1.29 is 12.8 Å². The predicted molar refractivity (Wildman–Crippen MR) is 64.2 cm³/mol. The van der Waals surface area contributed by atoms with Crippen molar-refractivity contribution in [2.45, 2.75) is 6.42 Å². The van der Waals surface area contributed by atoms with Gasteiger partial charge in [-0.25, -0.2) is 12.8 Å². The Labute approximate surface area is 104 Å². The molecule has 0 aromatic heterocycles. The van der Waals surface area contributed by atoms with E-state index in [9.17, 15) is 12.8 Å². The standard InChI is InChI=1S/C9H10Cl2FNO2S/c10-5-2-6-16(14,15)13-9-7(11)3-1-4-8(9)12/h1,3-4,13H,2,5-6H2. The Morgan fingerprint density at radius 2 is 2.06 bits per heavy atom. The molecule has 0 spiro atoms. The van der Waals surface area contributed by atoms with Crippen LogP contribution in [0.5, 0.6) is 0 Å². The number of rotatable bonds is 5. The fraction of sp³-hybridized carbons (Fsp3) is 0.333. The summed E-state index contributed by atoms with van der Waals surface area (Å²) in [6.07, 6.45) is 0.295. The predicted octanol–water partition coefficient (Wildman–Crippen LogP) is 2.85. The van der Waals surface area contributed by atoms with E-state index in [0.29, 0.717) is 6.42 Å². The molecule has 0 heterocycles. The van der Waals surface area contributed by atoms with Crippen LogP contribution in [0.1, 0.15) is 6.42 Å². The van der Waals surface area contributed by atoms with Gasteiger partial charge in [0.05, 0.1) is 10.8 Å². The zero-order chi connectivity index (χ0) is 12.2. The first-order chi connectivity index (χ1) is 7.46. The van der Waals surface area contributed by atoms with Crippen LogP contribution in [0, 0.1) is 5.82 Å². The lowest BCUT2D eigenvalue weighted by Crippen LogP contribution is -2.18. The Morgan fingerprint density at radius 1 is 1.38 bits per heavy atom. The SMILES string of the molecule is O=S(=O)(CCCCl)Nc1c(F)cccc1Cl. The normalized spacial score (nSPS) is 11.4. The molecule has 0 aliphatic carbocycles. The van der Waals surface area contributed by atoms with Crippen LogP contribution in [0.15, 0.2) is 18.2 Å². The molecule has 16 heavy (non-hydrogen) atoms. The van der Waals surface area contributed by atoms with Crippen LogP contribution in [-0.2, 0) is 10.0 Å². The highest BCUT2D eigenvalue weighted by Crippen LogP contribution is 2.25. The fourth-order valence-corrected chi connectivity index (χ4v) is 2.75. The number of anilines is 1. The molecular weight excluding hydrogens is 276 g/mol. The average molecular weight is 286 g/mol. The minimum Gasteiger partial charge on any atom is -0.279 e. The summed E-state index contributed by atoms with van der Waals surface area (Å²) in [6, 6.07) is 3.93. The second kappa shape index (κ2) is 5.70. The smallest absolute Gasteiger partial charge is 0.232 e. The van der Waals surface area contributed by atoms with Gasteiger partial charge in [0.25, 0.3) is 0 Å². The van der Waals surface area contributed by atoms with Gasteiger partial charge in [-0.1, -0.05) is 17.7 Å². The number of benzene rings is 1. The molecule has 0 bridgehead atoms. The summed E-state index contributed by atoms with van der Waals surface area (Å²) >= 11 is 11.1. The van der Waals surface area contributed by atoms with Gasteiger partial charge in [-0.3, -0.25) is 4.72 Å². The minimum absolute atomic E-state index is 0.0226. The van der Waals surface area contributed by atoms with E-state index in [0.717, 1.165) is 6.07 Å². The first kappa shape index (κ1) is 13.5. The van der Waals surface area contributed by atoms with Crippen molar-refractivity contribution in [2.75, 3.05) is 16.4 Å². The summed E-state index contributed by atoms with van der Waals surface area (Å²) in [7, 11) is -3.60. The number of hydrogen-bond donors (Lipinski definition) is 1. The van der Waals surface area contributed by atoms with Crippen molar-refractivity contribution in [3.05, 3.63) is 29.0 Å². The lowest BCUT2D eigenvalue weighted by atomic mass is 10.3. The Hall–Kier alpha value is -0.520. The summed E-state index contributed by atoms with van der Waals surface area (Å²) in [6.45, 7) is 0. The minimum atomic E-state index is -3.60. The van der Waals surface area contributed by atoms with Crippen LogP contribution in [0.4, 0.5) is 10.1 Å². The van der Waals surface area contributed by atoms with Crippen molar-refractivity contribution in [3.8, 4) is 0 Å². The molecule has 0 atom stereocenters. The largest absolute Gasteiger partial charge is 0.279 e. The number of sulfonamides is 1. The number of para-hydroxylation sites is 1. The van der Waals surface area contributed by atoms with E-state index in [1.165, 1.54) is 12.1 Å². The molecule has 1 N–H and O–H groups in total. The summed E-state index contributed by atoms with van der Waals surface area (Å²) < 4.78 is 38.3. The van der Waals surface area contributed by atoms with Crippen molar-refractivity contribution in [1.29, 1.82) is 0 Å². The zero-order valence-corrected chi connectivity index (χ0v) is 10.5. The topological polar surface area (TPSA) is 46.2 Å². The maximum absolute atomic E-state index is 13.3. The highest BCUT2D eigenvalue weighted by molar-refractivity contribution is 7.92. The van der Waals surface area contributed by atoms with Crippen molar-refractivity contribution in [2.24, 2.45) is 0 Å². The highest BCUT2D eigenvalue weighted by atomic mass is 35.5. The molecular formula is C9H10Cl2FNO2S. The van der Waals surface area contributed by atoms with E-state index in [2.05, 4.69) is 4.72 Å². The molecule has 1 rings (SSSR count). The van der Waals surface area contributed by atoms with Gasteiger partial charge in [-0.2, -0.15) is 0 Å². The number of alkyl halides is 1. The second-order valence-electron chi connectivity index (χ2n) is 3.06. The van der Waals surface area contributed by atoms with E-state index < -0.39 is 15.8 Å². The third-order valence-electron chi connectivity index (χ3n) is 1.77. The van der Waals surface area contributed by atoms with Gasteiger partial charge in [0.2, 0.25) is 10.0 Å². The summed E-state index contributed by atoms with van der Waals surface area (Å²) in [5, 5.41) is 0.0226. The maximum Gasteiger partial charge on any atom is 0.232 e. The van der Waals surface area contributed by atoms with Crippen LogP contribution in [0.2, 0.25) is 5.02 Å². The molecule has 0 fully saturated rings. The molecule has 90 valence electrons. The molecule has 0 unspecified atom stereocenters. The third kappa shape index (κ3) is 3.81. The number of hydrogen-bond acceptors (Lipinski definition) is 2. The van der Waals surface area contributed by atoms with Gasteiger partial charge in [0, 0.05) is 5.88 Å². The molecule has 0 saturated heterocycles. The van der Waals surface area contributed by atoms with Gasteiger partial charge < -0.3 is 0 Å². The Bertz CT molecular complexity index is 444. The number of nitrogens with one attached hydrogen (secondary N) is 1. The van der Waals surface area contributed by atoms with E-state index >= 15 is 0 Å². The summed E-state index contributed by atoms with van der Waals surface area (Å²) in [5.74, 6) is -0.644. The van der Waals surface area contributed by atoms with E-state index in [4.69, 9.17) is 23.2 Å². The first-order valence-corrected chi connectivity index (χ1v) is 7.03. The quantitative estimate of drug-likeness (QED) is 0.846. The Kier molecular flexibility index (Phi) is 4.83. The Balaban J connectivity index is 2.88. The van der Waals surface area contributed by atoms with Crippen LogP contribution in [0.25, 0.3) is 0 Å². The summed E-state index contributed by atoms with van der Waals surface area (Å²) in [4.78, 5) is 0. The van der Waals surface area contributed by atoms with Crippen LogP contribution in [-0.4, -0.2) is 20.1 Å². The molecule has 1 aromatic carbocycles. The van der Waals surface area contributed by atoms with Crippen LogP contribution < -0.4 is 4.72 Å². The van der Waals surface area contributed by atoms with Gasteiger partial charge in [-0.05, 0) is 18.6 Å². The third-order valence-corrected chi connectivity index (χ3v) is 3.69. The fourth-order valence-electron chi connectivity index (χ4n) is 1.05. The highest BCUT2D eigenvalue weighted by Gasteiger charge is 2.15. The van der Waals surface area contributed by atoms with Crippen molar-refractivity contribution >= 4 is 38.9 Å². The second-order valence-corrected chi connectivity index (χ2v) is 5.69. The lowest BCUT2D eigenvalue weighted by molar-refractivity contribution is 0.597. The first-order valence-electron chi connectivity index (χ1n) is 4.47. The van der Waals surface area contributed by atoms with Gasteiger partial charge in [0.1, 0.15) is 11.5 Å². The monoisotopic (exact) mass is 285 g/mol. The Morgan fingerprint density at radius 3 is 2.62 bits per heavy atom. The molecule has 3 nitrogen and oxygen atoms in total. The van der Waals surface area contributed by atoms with Gasteiger partial charge >= 0.3 is 0 Å². The van der Waals surface area contributed by atoms with E-state index in [-0.39, 0.29) is 22.3 Å². The molecule has 0 amide bonds. The van der Waals surface area contributed by atoms with E-state index in [1.54, 1.807) is 0 Å². The van der Waals surface area contributed by atoms with Gasteiger partial charge in [0.15, 0.2) is 0 Å². The molecule has 0 aliphatic heterocycles. The zero-order valence-electron chi connectivity index (χ0n) is 8.21. The van der Waals surface area contributed by atoms with Crippen LogP contribution >= 0.6 is 23.2 Å². The number of halogens is 3. The molecule has 0 saturated carbocycles. The van der Waals surface area contributed by atoms with Crippen molar-refractivity contribution in [3.63, 3.8) is 0 Å². The molecule has 0 aliphatic rings. The molecule has 1 aromatic rings. The molecule has 7 heteroatoms. The van der Waals surface area contributed by atoms with Crippen LogP contribution in [0.3, 0.4) is 0 Å². The maximum atomic E-state index is 13.3. The lowest BCUT2D eigenvalue weighted by Gasteiger charge is -2.09. The van der Waals surface area contributed by atoms with Gasteiger partial charge in [-0.15, -0.1) is 11.6 Å². The average Bonchev–Trinajstić information content (AvgIpc) is 2.21.